The van der Waals surface area contributed by atoms with Gasteiger partial charge in [0.05, 0.1) is 11.8 Å². The van der Waals surface area contributed by atoms with Gasteiger partial charge in [-0.3, -0.25) is 4.90 Å². The Morgan fingerprint density at radius 1 is 1.33 bits per heavy atom. The summed E-state index contributed by atoms with van der Waals surface area (Å²) in [6.45, 7) is 0.369. The van der Waals surface area contributed by atoms with Crippen LogP contribution in [0.5, 0.6) is 0 Å². The van der Waals surface area contributed by atoms with Crippen LogP contribution in [0.15, 0.2) is 18.2 Å². The van der Waals surface area contributed by atoms with Crippen molar-refractivity contribution in [2.24, 2.45) is 0 Å². The number of amides is 2. The molecule has 0 aromatic heterocycles. The van der Waals surface area contributed by atoms with Gasteiger partial charge in [0.1, 0.15) is 11.9 Å². The lowest BCUT2D eigenvalue weighted by atomic mass is 10.2. The van der Waals surface area contributed by atoms with Crippen LogP contribution in [0.2, 0.25) is 0 Å². The number of hydrogen-bond donors (Lipinski definition) is 2. The van der Waals surface area contributed by atoms with Crippen molar-refractivity contribution in [1.29, 1.82) is 0 Å². The average molecular weight is 294 g/mol. The monoisotopic (exact) mass is 294 g/mol. The molecule has 1 fully saturated rings. The smallest absolute Gasteiger partial charge is 0.326 e. The van der Waals surface area contributed by atoms with Gasteiger partial charge in [0, 0.05) is 19.5 Å². The molecular formula is C14H15FN2O4. The number of hydrogen-bond acceptors (Lipinski definition) is 3. The maximum Gasteiger partial charge on any atom is 0.326 e. The van der Waals surface area contributed by atoms with Crippen molar-refractivity contribution in [1.82, 2.24) is 4.90 Å². The number of carboxylic acids is 1. The minimum absolute atomic E-state index is 0.0169. The van der Waals surface area contributed by atoms with E-state index in [0.29, 0.717) is 18.7 Å². The number of carbonyl (C=O) groups excluding carboxylic acids is 1. The minimum atomic E-state index is -1.14. The summed E-state index contributed by atoms with van der Waals surface area (Å²) < 4.78 is 13.4. The van der Waals surface area contributed by atoms with Crippen molar-refractivity contribution in [2.75, 3.05) is 18.0 Å². The molecule has 112 valence electrons. The predicted molar refractivity (Wildman–Crippen MR) is 71.6 cm³/mol. The Morgan fingerprint density at radius 3 is 2.81 bits per heavy atom. The van der Waals surface area contributed by atoms with Crippen LogP contribution in [0.4, 0.5) is 14.9 Å². The van der Waals surface area contributed by atoms with Crippen molar-refractivity contribution in [2.45, 2.75) is 25.0 Å². The zero-order chi connectivity index (χ0) is 15.1. The number of rotatable bonds is 1. The molecule has 3 rings (SSSR count). The van der Waals surface area contributed by atoms with Crippen molar-refractivity contribution in [3.8, 4) is 0 Å². The third-order valence-corrected chi connectivity index (χ3v) is 3.98. The topological polar surface area (TPSA) is 81.1 Å². The highest BCUT2D eigenvalue weighted by Gasteiger charge is 2.42. The number of anilines is 1. The van der Waals surface area contributed by atoms with Crippen LogP contribution in [0, 0.1) is 5.82 Å². The Kier molecular flexibility index (Phi) is 3.29. The van der Waals surface area contributed by atoms with Gasteiger partial charge >= 0.3 is 12.0 Å². The van der Waals surface area contributed by atoms with Crippen LogP contribution in [0.3, 0.4) is 0 Å². The number of carbonyl (C=O) groups is 2. The summed E-state index contributed by atoms with van der Waals surface area (Å²) >= 11 is 0. The van der Waals surface area contributed by atoms with Crippen molar-refractivity contribution >= 4 is 17.7 Å². The molecule has 2 atom stereocenters. The van der Waals surface area contributed by atoms with Gasteiger partial charge in [-0.1, -0.05) is 6.07 Å². The summed E-state index contributed by atoms with van der Waals surface area (Å²) in [5.41, 5.74) is 1.34. The molecule has 0 spiro atoms. The van der Waals surface area contributed by atoms with E-state index >= 15 is 0 Å². The molecule has 0 radical (unpaired) electrons. The normalized spacial score (nSPS) is 24.3. The van der Waals surface area contributed by atoms with Gasteiger partial charge < -0.3 is 15.1 Å². The van der Waals surface area contributed by atoms with Gasteiger partial charge in [-0.25, -0.2) is 14.0 Å². The number of β-amino-alcohol motifs (C(OH)–C–C–N with tert-alkyl or cyclic N) is 1. The lowest BCUT2D eigenvalue weighted by Crippen LogP contribution is -2.47. The average Bonchev–Trinajstić information content (AvgIpc) is 3.01. The number of likely N-dealkylation sites (tertiary alicyclic amines) is 1. The summed E-state index contributed by atoms with van der Waals surface area (Å²) in [5.74, 6) is -1.58. The highest BCUT2D eigenvalue weighted by molar-refractivity contribution is 5.96. The second-order valence-electron chi connectivity index (χ2n) is 5.35. The fourth-order valence-corrected chi connectivity index (χ4v) is 2.97. The number of nitrogens with zero attached hydrogens (tertiary/aromatic N) is 2. The molecule has 0 bridgehead atoms. The van der Waals surface area contributed by atoms with Crippen LogP contribution < -0.4 is 4.90 Å². The van der Waals surface area contributed by atoms with Crippen LogP contribution in [0.25, 0.3) is 0 Å². The molecule has 0 saturated carbocycles. The number of aliphatic carboxylic acids is 1. The van der Waals surface area contributed by atoms with Gasteiger partial charge in [0.2, 0.25) is 0 Å². The Bertz CT molecular complexity index is 607. The number of urea groups is 1. The number of aliphatic hydroxyl groups is 1. The standard InChI is InChI=1S/C14H15FN2O4/c15-9-2-1-8-3-4-16(11(8)5-9)14(21)17-7-10(18)6-12(17)13(19)20/h1-2,5,10,12,18H,3-4,6-7H2,(H,19,20)/t10-,12-/m0/s1. The van der Waals surface area contributed by atoms with Gasteiger partial charge in [-0.15, -0.1) is 0 Å². The van der Waals surface area contributed by atoms with E-state index in [1.807, 2.05) is 0 Å². The summed E-state index contributed by atoms with van der Waals surface area (Å²) in [5, 5.41) is 18.8. The van der Waals surface area contributed by atoms with Gasteiger partial charge in [0.15, 0.2) is 0 Å². The Morgan fingerprint density at radius 2 is 2.10 bits per heavy atom. The van der Waals surface area contributed by atoms with Crippen molar-refractivity contribution in [3.05, 3.63) is 29.6 Å². The molecule has 2 aliphatic heterocycles. The second kappa shape index (κ2) is 5.00. The van der Waals surface area contributed by atoms with Gasteiger partial charge in [0.25, 0.3) is 0 Å². The van der Waals surface area contributed by atoms with Crippen LogP contribution in [-0.2, 0) is 11.2 Å². The van der Waals surface area contributed by atoms with E-state index in [9.17, 15) is 19.1 Å². The third-order valence-electron chi connectivity index (χ3n) is 3.98. The van der Waals surface area contributed by atoms with Gasteiger partial charge in [-0.05, 0) is 24.1 Å². The first-order valence-corrected chi connectivity index (χ1v) is 6.75. The summed E-state index contributed by atoms with van der Waals surface area (Å²) in [7, 11) is 0. The fraction of sp³-hybridized carbons (Fsp3) is 0.429. The molecule has 6 nitrogen and oxygen atoms in total. The molecule has 1 aromatic carbocycles. The fourth-order valence-electron chi connectivity index (χ4n) is 2.97. The molecule has 2 aliphatic rings. The van der Waals surface area contributed by atoms with E-state index in [2.05, 4.69) is 0 Å². The minimum Gasteiger partial charge on any atom is -0.480 e. The molecule has 0 unspecified atom stereocenters. The highest BCUT2D eigenvalue weighted by atomic mass is 19.1. The summed E-state index contributed by atoms with van der Waals surface area (Å²) in [6.07, 6.45) is -0.218. The Hall–Kier alpha value is -2.15. The molecule has 1 saturated heterocycles. The first kappa shape index (κ1) is 13.8. The number of halogens is 1. The first-order chi connectivity index (χ1) is 9.97. The van der Waals surface area contributed by atoms with E-state index in [4.69, 9.17) is 5.11 Å². The van der Waals surface area contributed by atoms with Gasteiger partial charge in [-0.2, -0.15) is 0 Å². The maximum atomic E-state index is 13.4. The van der Waals surface area contributed by atoms with Crippen LogP contribution in [0.1, 0.15) is 12.0 Å². The van der Waals surface area contributed by atoms with Crippen molar-refractivity contribution in [3.63, 3.8) is 0 Å². The molecule has 21 heavy (non-hydrogen) atoms. The molecule has 7 heteroatoms. The van der Waals surface area contributed by atoms with E-state index < -0.39 is 30.0 Å². The number of aliphatic hydroxyl groups excluding tert-OH is 1. The molecule has 2 N–H and O–H groups in total. The molecular weight excluding hydrogens is 279 g/mol. The largest absolute Gasteiger partial charge is 0.480 e. The zero-order valence-corrected chi connectivity index (χ0v) is 11.2. The Balaban J connectivity index is 1.87. The molecule has 0 aliphatic carbocycles. The van der Waals surface area contributed by atoms with Crippen LogP contribution >= 0.6 is 0 Å². The number of fused-ring (bicyclic) bond motifs is 1. The SMILES string of the molecule is O=C(O)[C@@H]1C[C@H](O)CN1C(=O)N1CCc2ccc(F)cc21. The summed E-state index contributed by atoms with van der Waals surface area (Å²) in [6, 6.07) is 2.72. The molecule has 1 aromatic rings. The maximum absolute atomic E-state index is 13.4. The predicted octanol–water partition coefficient (Wildman–Crippen LogP) is 0.828. The number of carboxylic acid groups (broad SMARTS) is 1. The third kappa shape index (κ3) is 2.33. The molecule has 2 heterocycles. The van der Waals surface area contributed by atoms with E-state index in [1.165, 1.54) is 17.0 Å². The Labute approximate surface area is 120 Å². The lowest BCUT2D eigenvalue weighted by Gasteiger charge is -2.27. The van der Waals surface area contributed by atoms with E-state index in [-0.39, 0.29) is 13.0 Å². The lowest BCUT2D eigenvalue weighted by molar-refractivity contribution is -0.141. The quantitative estimate of drug-likeness (QED) is 0.804. The number of benzene rings is 1. The zero-order valence-electron chi connectivity index (χ0n) is 11.2. The second-order valence-corrected chi connectivity index (χ2v) is 5.35. The summed E-state index contributed by atoms with van der Waals surface area (Å²) in [4.78, 5) is 26.3. The molecule has 2 amide bonds. The first-order valence-electron chi connectivity index (χ1n) is 6.75. The highest BCUT2D eigenvalue weighted by Crippen LogP contribution is 2.31. The van der Waals surface area contributed by atoms with E-state index in [0.717, 1.165) is 10.5 Å². The van der Waals surface area contributed by atoms with E-state index in [1.54, 1.807) is 6.07 Å². The van der Waals surface area contributed by atoms with Crippen molar-refractivity contribution < 1.29 is 24.2 Å². The van der Waals surface area contributed by atoms with Crippen LogP contribution in [-0.4, -0.2) is 52.3 Å².